The van der Waals surface area contributed by atoms with Crippen molar-refractivity contribution in [3.05, 3.63) is 54.6 Å². The Labute approximate surface area is 111 Å². The first-order chi connectivity index (χ1) is 9.25. The normalized spacial score (nSPS) is 10.5. The third-order valence-corrected chi connectivity index (χ3v) is 3.08. The molecule has 0 saturated heterocycles. The number of rotatable bonds is 3. The summed E-state index contributed by atoms with van der Waals surface area (Å²) in [6, 6.07) is 17.4. The van der Waals surface area contributed by atoms with E-state index in [1.54, 1.807) is 0 Å². The molecule has 0 unspecified atom stereocenters. The van der Waals surface area contributed by atoms with E-state index < -0.39 is 5.87 Å². The molecule has 3 nitrogen and oxygen atoms in total. The van der Waals surface area contributed by atoms with Gasteiger partial charge in [0.15, 0.2) is 0 Å². The SMILES string of the molecule is O=C(O)[B]c1c(-c2ccccc2)[nH]c2ccccc12. The lowest BCUT2D eigenvalue weighted by Gasteiger charge is -2.01. The summed E-state index contributed by atoms with van der Waals surface area (Å²) in [5.41, 5.74) is 3.47. The maximum atomic E-state index is 11.0. The van der Waals surface area contributed by atoms with Crippen LogP contribution in [-0.2, 0) is 0 Å². The molecule has 3 aromatic rings. The van der Waals surface area contributed by atoms with Gasteiger partial charge in [0.05, 0.1) is 0 Å². The highest BCUT2D eigenvalue weighted by Crippen LogP contribution is 2.21. The van der Waals surface area contributed by atoms with Crippen LogP contribution in [0, 0.1) is 0 Å². The highest BCUT2D eigenvalue weighted by Gasteiger charge is 2.16. The van der Waals surface area contributed by atoms with Crippen LogP contribution in [0.3, 0.4) is 0 Å². The van der Waals surface area contributed by atoms with Gasteiger partial charge in [0.2, 0.25) is 5.87 Å². The predicted octanol–water partition coefficient (Wildman–Crippen LogP) is 2.84. The monoisotopic (exact) mass is 248 g/mol. The first kappa shape index (κ1) is 11.6. The van der Waals surface area contributed by atoms with E-state index in [0.717, 1.165) is 22.2 Å². The summed E-state index contributed by atoms with van der Waals surface area (Å²) in [4.78, 5) is 14.3. The number of hydrogen-bond acceptors (Lipinski definition) is 1. The largest absolute Gasteiger partial charge is 0.489 e. The number of nitrogens with one attached hydrogen (secondary N) is 1. The summed E-state index contributed by atoms with van der Waals surface area (Å²) in [5, 5.41) is 9.97. The van der Waals surface area contributed by atoms with Gasteiger partial charge in [-0.15, -0.1) is 0 Å². The number of H-pyrrole nitrogens is 1. The second-order valence-electron chi connectivity index (χ2n) is 4.31. The summed E-state index contributed by atoms with van der Waals surface area (Å²) in [7, 11) is 1.25. The van der Waals surface area contributed by atoms with Gasteiger partial charge in [-0.2, -0.15) is 0 Å². The van der Waals surface area contributed by atoms with E-state index in [-0.39, 0.29) is 0 Å². The number of carboxylic acid groups (broad SMARTS) is 1. The smallest absolute Gasteiger partial charge is 0.302 e. The molecule has 2 N–H and O–H groups in total. The van der Waals surface area contributed by atoms with Crippen LogP contribution in [0.1, 0.15) is 0 Å². The molecule has 19 heavy (non-hydrogen) atoms. The number of para-hydroxylation sites is 1. The van der Waals surface area contributed by atoms with E-state index in [0.29, 0.717) is 5.46 Å². The Morgan fingerprint density at radius 3 is 2.42 bits per heavy atom. The number of hydrogen-bond donors (Lipinski definition) is 2. The van der Waals surface area contributed by atoms with Gasteiger partial charge in [0.1, 0.15) is 0 Å². The fourth-order valence-corrected chi connectivity index (χ4v) is 2.27. The van der Waals surface area contributed by atoms with Crippen LogP contribution in [0.15, 0.2) is 54.6 Å². The van der Waals surface area contributed by atoms with Gasteiger partial charge in [-0.3, -0.25) is 4.79 Å². The van der Waals surface area contributed by atoms with E-state index in [9.17, 15) is 4.79 Å². The molecule has 0 aliphatic heterocycles. The Morgan fingerprint density at radius 2 is 1.68 bits per heavy atom. The summed E-state index contributed by atoms with van der Waals surface area (Å²) in [6.07, 6.45) is 0. The van der Waals surface area contributed by atoms with Crippen LogP contribution in [0.4, 0.5) is 4.79 Å². The molecule has 3 rings (SSSR count). The average Bonchev–Trinajstić information content (AvgIpc) is 2.78. The minimum absolute atomic E-state index is 0.717. The highest BCUT2D eigenvalue weighted by atomic mass is 16.4. The van der Waals surface area contributed by atoms with E-state index in [1.165, 1.54) is 7.28 Å². The number of carbonyl (C=O) groups is 1. The average molecular weight is 248 g/mol. The Hall–Kier alpha value is -2.49. The van der Waals surface area contributed by atoms with Crippen LogP contribution in [-0.4, -0.2) is 23.2 Å². The lowest BCUT2D eigenvalue weighted by Crippen LogP contribution is -2.23. The Balaban J connectivity index is 2.26. The molecule has 0 saturated carbocycles. The zero-order valence-corrected chi connectivity index (χ0v) is 10.1. The molecule has 2 aromatic carbocycles. The number of fused-ring (bicyclic) bond motifs is 1. The summed E-state index contributed by atoms with van der Waals surface area (Å²) >= 11 is 0. The zero-order valence-electron chi connectivity index (χ0n) is 10.1. The van der Waals surface area contributed by atoms with Crippen LogP contribution >= 0.6 is 0 Å². The second kappa shape index (κ2) is 4.65. The standard InChI is InChI=1S/C15H11BNO2/c18-15(19)16-13-11-8-4-5-9-12(11)17-14(13)10-6-2-1-3-7-10/h1-9,17H,(H,18,19). The molecule has 0 fully saturated rings. The van der Waals surface area contributed by atoms with Gasteiger partial charge < -0.3 is 10.1 Å². The quantitative estimate of drug-likeness (QED) is 0.700. The van der Waals surface area contributed by atoms with E-state index >= 15 is 0 Å². The van der Waals surface area contributed by atoms with E-state index in [2.05, 4.69) is 4.98 Å². The maximum absolute atomic E-state index is 11.0. The molecule has 4 heteroatoms. The third kappa shape index (κ3) is 2.13. The molecule has 1 aromatic heterocycles. The van der Waals surface area contributed by atoms with Crippen molar-refractivity contribution in [3.8, 4) is 11.3 Å². The lowest BCUT2D eigenvalue weighted by molar-refractivity contribution is 0.220. The highest BCUT2D eigenvalue weighted by molar-refractivity contribution is 6.85. The second-order valence-corrected chi connectivity index (χ2v) is 4.31. The summed E-state index contributed by atoms with van der Waals surface area (Å²) < 4.78 is 0. The van der Waals surface area contributed by atoms with Gasteiger partial charge in [-0.05, 0) is 22.5 Å². The van der Waals surface area contributed by atoms with E-state index in [1.807, 2.05) is 54.6 Å². The first-order valence-corrected chi connectivity index (χ1v) is 5.99. The van der Waals surface area contributed by atoms with Crippen molar-refractivity contribution in [2.24, 2.45) is 0 Å². The Kier molecular flexibility index (Phi) is 2.84. The topological polar surface area (TPSA) is 53.1 Å². The van der Waals surface area contributed by atoms with Crippen molar-refractivity contribution in [1.82, 2.24) is 4.98 Å². The molecule has 0 amide bonds. The van der Waals surface area contributed by atoms with Crippen LogP contribution in [0.25, 0.3) is 22.2 Å². The fourth-order valence-electron chi connectivity index (χ4n) is 2.27. The van der Waals surface area contributed by atoms with Crippen LogP contribution < -0.4 is 5.46 Å². The molecule has 1 heterocycles. The van der Waals surface area contributed by atoms with Crippen molar-refractivity contribution >= 4 is 29.5 Å². The number of aromatic nitrogens is 1. The molecular formula is C15H11BNO2. The Bertz CT molecular complexity index is 734. The minimum Gasteiger partial charge on any atom is -0.489 e. The van der Waals surface area contributed by atoms with Crippen LogP contribution in [0.2, 0.25) is 0 Å². The maximum Gasteiger partial charge on any atom is 0.302 e. The van der Waals surface area contributed by atoms with Gasteiger partial charge in [-0.25, -0.2) is 0 Å². The first-order valence-electron chi connectivity index (χ1n) is 5.99. The van der Waals surface area contributed by atoms with Gasteiger partial charge in [0.25, 0.3) is 0 Å². The third-order valence-electron chi connectivity index (χ3n) is 3.08. The molecular weight excluding hydrogens is 237 g/mol. The zero-order chi connectivity index (χ0) is 13.2. The molecule has 0 spiro atoms. The van der Waals surface area contributed by atoms with Crippen LogP contribution in [0.5, 0.6) is 0 Å². The molecule has 1 radical (unpaired) electrons. The summed E-state index contributed by atoms with van der Waals surface area (Å²) in [6.45, 7) is 0. The van der Waals surface area contributed by atoms with Crippen molar-refractivity contribution in [1.29, 1.82) is 0 Å². The van der Waals surface area contributed by atoms with Crippen molar-refractivity contribution < 1.29 is 9.90 Å². The predicted molar refractivity (Wildman–Crippen MR) is 77.1 cm³/mol. The molecule has 91 valence electrons. The fraction of sp³-hybridized carbons (Fsp3) is 0. The van der Waals surface area contributed by atoms with Crippen molar-refractivity contribution in [3.63, 3.8) is 0 Å². The molecule has 0 atom stereocenters. The number of aromatic amines is 1. The van der Waals surface area contributed by atoms with Crippen molar-refractivity contribution in [2.45, 2.75) is 0 Å². The molecule has 0 aliphatic rings. The molecule has 0 bridgehead atoms. The van der Waals surface area contributed by atoms with Crippen molar-refractivity contribution in [2.75, 3.05) is 0 Å². The van der Waals surface area contributed by atoms with E-state index in [4.69, 9.17) is 5.11 Å². The lowest BCUT2D eigenvalue weighted by atomic mass is 9.68. The van der Waals surface area contributed by atoms with Gasteiger partial charge in [0, 0.05) is 11.2 Å². The summed E-state index contributed by atoms with van der Waals surface area (Å²) in [5.74, 6) is -0.943. The van der Waals surface area contributed by atoms with Gasteiger partial charge >= 0.3 is 7.28 Å². The Morgan fingerprint density at radius 1 is 1.00 bits per heavy atom. The van der Waals surface area contributed by atoms with Gasteiger partial charge in [-0.1, -0.05) is 48.5 Å². The molecule has 0 aliphatic carbocycles. The number of benzene rings is 2. The minimum atomic E-state index is -0.943.